The highest BCUT2D eigenvalue weighted by Gasteiger charge is 2.28. The number of rotatable bonds is 9. The van der Waals surface area contributed by atoms with Crippen LogP contribution in [0.3, 0.4) is 0 Å². The van der Waals surface area contributed by atoms with Gasteiger partial charge in [0.25, 0.3) is 0 Å². The van der Waals surface area contributed by atoms with Crippen LogP contribution in [0, 0.1) is 0 Å². The quantitative estimate of drug-likeness (QED) is 0.696. The standard InChI is InChI=1S/C22H26N2O4/c1-2-12-24(14-21(25)26)13-11-23-22(27)28-15-20-18-9-5-3-7-16(18)17-8-4-6-10-19(17)20/h3-10,20H,2,11-15H2,1H3,(H,23,27)(H,25,26). The molecule has 0 aliphatic heterocycles. The van der Waals surface area contributed by atoms with Crippen LogP contribution < -0.4 is 5.32 Å². The lowest BCUT2D eigenvalue weighted by Gasteiger charge is -2.19. The number of carbonyl (C=O) groups excluding carboxylic acids is 1. The number of carboxylic acids is 1. The Morgan fingerprint density at radius 3 is 2.21 bits per heavy atom. The first-order valence-corrected chi connectivity index (χ1v) is 9.63. The second-order valence-corrected chi connectivity index (χ2v) is 6.92. The summed E-state index contributed by atoms with van der Waals surface area (Å²) in [6.07, 6.45) is 0.381. The van der Waals surface area contributed by atoms with Crippen molar-refractivity contribution in [3.05, 3.63) is 59.7 Å². The fourth-order valence-electron chi connectivity index (χ4n) is 3.74. The average Bonchev–Trinajstić information content (AvgIpc) is 3.00. The lowest BCUT2D eigenvalue weighted by atomic mass is 9.98. The number of ether oxygens (including phenoxy) is 1. The van der Waals surface area contributed by atoms with Crippen molar-refractivity contribution in [3.63, 3.8) is 0 Å². The van der Waals surface area contributed by atoms with E-state index >= 15 is 0 Å². The summed E-state index contributed by atoms with van der Waals surface area (Å²) in [5.41, 5.74) is 4.73. The third-order valence-electron chi connectivity index (χ3n) is 4.94. The van der Waals surface area contributed by atoms with Gasteiger partial charge in [-0.2, -0.15) is 0 Å². The summed E-state index contributed by atoms with van der Waals surface area (Å²) in [6, 6.07) is 16.4. The molecule has 0 unspecified atom stereocenters. The number of nitrogens with one attached hydrogen (secondary N) is 1. The molecule has 0 heterocycles. The Morgan fingerprint density at radius 2 is 1.64 bits per heavy atom. The van der Waals surface area contributed by atoms with Crippen LogP contribution in [-0.4, -0.2) is 54.9 Å². The topological polar surface area (TPSA) is 78.9 Å². The van der Waals surface area contributed by atoms with E-state index in [0.717, 1.165) is 6.42 Å². The lowest BCUT2D eigenvalue weighted by Crippen LogP contribution is -2.38. The summed E-state index contributed by atoms with van der Waals surface area (Å²) in [5, 5.41) is 11.7. The molecule has 0 saturated carbocycles. The SMILES string of the molecule is CCCN(CCNC(=O)OCC1c2ccccc2-c2ccccc21)CC(=O)O. The van der Waals surface area contributed by atoms with Gasteiger partial charge in [-0.1, -0.05) is 55.5 Å². The summed E-state index contributed by atoms with van der Waals surface area (Å²) in [7, 11) is 0. The van der Waals surface area contributed by atoms with Gasteiger partial charge in [-0.3, -0.25) is 9.69 Å². The molecule has 6 heteroatoms. The van der Waals surface area contributed by atoms with E-state index in [1.54, 1.807) is 4.90 Å². The monoisotopic (exact) mass is 382 g/mol. The van der Waals surface area contributed by atoms with Crippen molar-refractivity contribution in [2.75, 3.05) is 32.8 Å². The maximum Gasteiger partial charge on any atom is 0.407 e. The largest absolute Gasteiger partial charge is 0.480 e. The fourth-order valence-corrected chi connectivity index (χ4v) is 3.74. The van der Waals surface area contributed by atoms with E-state index in [4.69, 9.17) is 9.84 Å². The number of hydrogen-bond donors (Lipinski definition) is 2. The molecule has 2 aromatic carbocycles. The number of carboxylic acid groups (broad SMARTS) is 1. The molecular weight excluding hydrogens is 356 g/mol. The van der Waals surface area contributed by atoms with Gasteiger partial charge in [-0.05, 0) is 35.2 Å². The van der Waals surface area contributed by atoms with Gasteiger partial charge in [0, 0.05) is 19.0 Å². The molecule has 28 heavy (non-hydrogen) atoms. The van der Waals surface area contributed by atoms with Gasteiger partial charge in [0.15, 0.2) is 0 Å². The van der Waals surface area contributed by atoms with E-state index in [0.29, 0.717) is 19.6 Å². The molecule has 3 rings (SSSR count). The molecule has 0 spiro atoms. The number of benzene rings is 2. The van der Waals surface area contributed by atoms with Gasteiger partial charge < -0.3 is 15.2 Å². The molecule has 1 amide bonds. The van der Waals surface area contributed by atoms with E-state index < -0.39 is 12.1 Å². The van der Waals surface area contributed by atoms with E-state index in [9.17, 15) is 9.59 Å². The smallest absolute Gasteiger partial charge is 0.407 e. The summed E-state index contributed by atoms with van der Waals surface area (Å²) >= 11 is 0. The minimum absolute atomic E-state index is 0.0276. The van der Waals surface area contributed by atoms with Crippen molar-refractivity contribution in [1.29, 1.82) is 0 Å². The molecule has 148 valence electrons. The summed E-state index contributed by atoms with van der Waals surface area (Å²) in [6.45, 7) is 3.74. The molecule has 2 N–H and O–H groups in total. The number of amides is 1. The van der Waals surface area contributed by atoms with Crippen LogP contribution in [-0.2, 0) is 9.53 Å². The Bertz CT molecular complexity index is 791. The first kappa shape index (κ1) is 19.9. The molecule has 1 aliphatic carbocycles. The Balaban J connectivity index is 1.53. The second kappa shape index (κ2) is 9.37. The maximum atomic E-state index is 12.1. The van der Waals surface area contributed by atoms with Crippen molar-refractivity contribution in [1.82, 2.24) is 10.2 Å². The Labute approximate surface area is 165 Å². The highest BCUT2D eigenvalue weighted by atomic mass is 16.5. The molecule has 1 aliphatic rings. The minimum atomic E-state index is -0.866. The molecular formula is C22H26N2O4. The van der Waals surface area contributed by atoms with Crippen molar-refractivity contribution >= 4 is 12.1 Å². The van der Waals surface area contributed by atoms with Gasteiger partial charge in [0.2, 0.25) is 0 Å². The number of aliphatic carboxylic acids is 1. The van der Waals surface area contributed by atoms with E-state index in [1.165, 1.54) is 22.3 Å². The van der Waals surface area contributed by atoms with Gasteiger partial charge in [0.05, 0.1) is 6.54 Å². The third-order valence-corrected chi connectivity index (χ3v) is 4.94. The molecule has 0 radical (unpaired) electrons. The lowest BCUT2D eigenvalue weighted by molar-refractivity contribution is -0.138. The molecule has 0 aromatic heterocycles. The zero-order chi connectivity index (χ0) is 19.9. The van der Waals surface area contributed by atoms with Crippen LogP contribution in [0.5, 0.6) is 0 Å². The van der Waals surface area contributed by atoms with Crippen LogP contribution in [0.2, 0.25) is 0 Å². The molecule has 0 fully saturated rings. The van der Waals surface area contributed by atoms with E-state index in [1.807, 2.05) is 31.2 Å². The van der Waals surface area contributed by atoms with Gasteiger partial charge in [-0.25, -0.2) is 4.79 Å². The van der Waals surface area contributed by atoms with Gasteiger partial charge >= 0.3 is 12.1 Å². The predicted octanol–water partition coefficient (Wildman–Crippen LogP) is 3.32. The van der Waals surface area contributed by atoms with Crippen LogP contribution in [0.1, 0.15) is 30.4 Å². The first-order valence-electron chi connectivity index (χ1n) is 9.63. The van der Waals surface area contributed by atoms with Crippen molar-refractivity contribution in [2.24, 2.45) is 0 Å². The number of carbonyl (C=O) groups is 2. The molecule has 6 nitrogen and oxygen atoms in total. The third kappa shape index (κ3) is 4.70. The number of nitrogens with zero attached hydrogens (tertiary/aromatic N) is 1. The molecule has 0 bridgehead atoms. The summed E-state index contributed by atoms with van der Waals surface area (Å²) < 4.78 is 5.48. The molecule has 0 atom stereocenters. The van der Waals surface area contributed by atoms with Crippen LogP contribution in [0.4, 0.5) is 4.79 Å². The highest BCUT2D eigenvalue weighted by Crippen LogP contribution is 2.44. The maximum absolute atomic E-state index is 12.1. The average molecular weight is 382 g/mol. The van der Waals surface area contributed by atoms with Crippen molar-refractivity contribution in [3.8, 4) is 11.1 Å². The fraction of sp³-hybridized carbons (Fsp3) is 0.364. The number of alkyl carbamates (subject to hydrolysis) is 1. The van der Waals surface area contributed by atoms with Crippen LogP contribution >= 0.6 is 0 Å². The van der Waals surface area contributed by atoms with Gasteiger partial charge in [0.1, 0.15) is 6.61 Å². The number of hydrogen-bond acceptors (Lipinski definition) is 4. The van der Waals surface area contributed by atoms with E-state index in [2.05, 4.69) is 29.6 Å². The highest BCUT2D eigenvalue weighted by molar-refractivity contribution is 5.79. The molecule has 2 aromatic rings. The summed E-state index contributed by atoms with van der Waals surface area (Å²) in [4.78, 5) is 24.8. The normalized spacial score (nSPS) is 12.5. The number of fused-ring (bicyclic) bond motifs is 3. The first-order chi connectivity index (χ1) is 13.6. The molecule has 0 saturated heterocycles. The second-order valence-electron chi connectivity index (χ2n) is 6.92. The van der Waals surface area contributed by atoms with Crippen molar-refractivity contribution < 1.29 is 19.4 Å². The zero-order valence-corrected chi connectivity index (χ0v) is 16.1. The van der Waals surface area contributed by atoms with Crippen LogP contribution in [0.25, 0.3) is 11.1 Å². The van der Waals surface area contributed by atoms with E-state index in [-0.39, 0.29) is 19.1 Å². The van der Waals surface area contributed by atoms with Crippen LogP contribution in [0.15, 0.2) is 48.5 Å². The Morgan fingerprint density at radius 1 is 1.04 bits per heavy atom. The van der Waals surface area contributed by atoms with Gasteiger partial charge in [-0.15, -0.1) is 0 Å². The minimum Gasteiger partial charge on any atom is -0.480 e. The zero-order valence-electron chi connectivity index (χ0n) is 16.1. The Hall–Kier alpha value is -2.86. The summed E-state index contributed by atoms with van der Waals surface area (Å²) in [5.74, 6) is -0.837. The predicted molar refractivity (Wildman–Crippen MR) is 107 cm³/mol. The van der Waals surface area contributed by atoms with Crippen molar-refractivity contribution in [2.45, 2.75) is 19.3 Å². The Kier molecular flexibility index (Phi) is 6.66.